The standard InChI is InChI=1S/C12H17N3O4/c1-7(5-11(13)15-18)14-12(17)9-4-3-8(19-2)6-10(9)16/h3-4,6-7,16,18H,5H2,1-2H3,(H2,13,15)(H,14,17). The average molecular weight is 267 g/mol. The lowest BCUT2D eigenvalue weighted by Gasteiger charge is -2.14. The van der Waals surface area contributed by atoms with E-state index >= 15 is 0 Å². The summed E-state index contributed by atoms with van der Waals surface area (Å²) >= 11 is 0. The summed E-state index contributed by atoms with van der Waals surface area (Å²) in [6.45, 7) is 1.70. The van der Waals surface area contributed by atoms with Gasteiger partial charge in [-0.05, 0) is 19.1 Å². The number of methoxy groups -OCH3 is 1. The van der Waals surface area contributed by atoms with E-state index in [0.717, 1.165) is 0 Å². The van der Waals surface area contributed by atoms with Crippen molar-refractivity contribution in [1.29, 1.82) is 0 Å². The van der Waals surface area contributed by atoms with Gasteiger partial charge < -0.3 is 26.1 Å². The maximum absolute atomic E-state index is 11.9. The summed E-state index contributed by atoms with van der Waals surface area (Å²) in [6.07, 6.45) is 0.207. The van der Waals surface area contributed by atoms with Crippen molar-refractivity contribution in [1.82, 2.24) is 5.32 Å². The average Bonchev–Trinajstić information content (AvgIpc) is 2.37. The van der Waals surface area contributed by atoms with E-state index in [9.17, 15) is 9.90 Å². The van der Waals surface area contributed by atoms with Crippen LogP contribution in [-0.2, 0) is 0 Å². The van der Waals surface area contributed by atoms with Crippen molar-refractivity contribution in [3.8, 4) is 11.5 Å². The SMILES string of the molecule is COc1ccc(C(=O)NC(C)CC(N)=NO)c(O)c1. The number of carbonyl (C=O) groups is 1. The zero-order valence-corrected chi connectivity index (χ0v) is 10.8. The molecule has 5 N–H and O–H groups in total. The molecule has 0 bridgehead atoms. The highest BCUT2D eigenvalue weighted by Gasteiger charge is 2.15. The van der Waals surface area contributed by atoms with Gasteiger partial charge in [-0.3, -0.25) is 4.79 Å². The van der Waals surface area contributed by atoms with E-state index in [0.29, 0.717) is 5.75 Å². The van der Waals surface area contributed by atoms with Crippen LogP contribution in [0.4, 0.5) is 0 Å². The fourth-order valence-corrected chi connectivity index (χ4v) is 1.54. The molecule has 104 valence electrons. The summed E-state index contributed by atoms with van der Waals surface area (Å²) in [5.41, 5.74) is 5.47. The first-order valence-electron chi connectivity index (χ1n) is 5.62. The van der Waals surface area contributed by atoms with Crippen LogP contribution in [0, 0.1) is 0 Å². The van der Waals surface area contributed by atoms with Gasteiger partial charge in [-0.1, -0.05) is 5.16 Å². The molecule has 1 aromatic carbocycles. The van der Waals surface area contributed by atoms with E-state index in [1.165, 1.54) is 19.2 Å². The summed E-state index contributed by atoms with van der Waals surface area (Å²) < 4.78 is 4.93. The Morgan fingerprint density at radius 1 is 1.58 bits per heavy atom. The van der Waals surface area contributed by atoms with E-state index in [-0.39, 0.29) is 29.6 Å². The van der Waals surface area contributed by atoms with Crippen molar-refractivity contribution >= 4 is 11.7 Å². The summed E-state index contributed by atoms with van der Waals surface area (Å²) in [7, 11) is 1.47. The first-order chi connectivity index (χ1) is 8.97. The number of hydrogen-bond acceptors (Lipinski definition) is 5. The van der Waals surface area contributed by atoms with Gasteiger partial charge >= 0.3 is 0 Å². The number of nitrogens with zero attached hydrogens (tertiary/aromatic N) is 1. The fraction of sp³-hybridized carbons (Fsp3) is 0.333. The number of oxime groups is 1. The monoisotopic (exact) mass is 267 g/mol. The van der Waals surface area contributed by atoms with Crippen molar-refractivity contribution in [2.45, 2.75) is 19.4 Å². The van der Waals surface area contributed by atoms with Gasteiger partial charge in [0.05, 0.1) is 12.7 Å². The minimum Gasteiger partial charge on any atom is -0.507 e. The first-order valence-corrected chi connectivity index (χ1v) is 5.62. The highest BCUT2D eigenvalue weighted by molar-refractivity contribution is 5.97. The van der Waals surface area contributed by atoms with Crippen LogP contribution in [0.3, 0.4) is 0 Å². The lowest BCUT2D eigenvalue weighted by Crippen LogP contribution is -2.35. The van der Waals surface area contributed by atoms with Crippen LogP contribution in [0.1, 0.15) is 23.7 Å². The van der Waals surface area contributed by atoms with E-state index in [2.05, 4.69) is 10.5 Å². The molecule has 0 heterocycles. The maximum Gasteiger partial charge on any atom is 0.255 e. The van der Waals surface area contributed by atoms with Crippen molar-refractivity contribution in [2.24, 2.45) is 10.9 Å². The number of carbonyl (C=O) groups excluding carboxylic acids is 1. The van der Waals surface area contributed by atoms with Crippen LogP contribution in [0.2, 0.25) is 0 Å². The van der Waals surface area contributed by atoms with E-state index in [1.807, 2.05) is 0 Å². The molecule has 0 aliphatic heterocycles. The predicted octanol–water partition coefficient (Wildman–Crippen LogP) is 0.656. The molecular weight excluding hydrogens is 250 g/mol. The number of aromatic hydroxyl groups is 1. The minimum absolute atomic E-state index is 0.0201. The molecule has 1 rings (SSSR count). The van der Waals surface area contributed by atoms with Crippen LogP contribution in [0.15, 0.2) is 23.4 Å². The van der Waals surface area contributed by atoms with Crippen molar-refractivity contribution < 1.29 is 19.8 Å². The third kappa shape index (κ3) is 4.06. The Bertz CT molecular complexity index is 488. The van der Waals surface area contributed by atoms with Gasteiger partial charge in [-0.25, -0.2) is 0 Å². The van der Waals surface area contributed by atoms with Crippen LogP contribution in [-0.4, -0.2) is 35.2 Å². The third-order valence-electron chi connectivity index (χ3n) is 2.47. The molecule has 1 unspecified atom stereocenters. The van der Waals surface area contributed by atoms with Crippen LogP contribution in [0.25, 0.3) is 0 Å². The quantitative estimate of drug-likeness (QED) is 0.270. The predicted molar refractivity (Wildman–Crippen MR) is 69.6 cm³/mol. The Kier molecular flexibility index (Phi) is 4.99. The molecule has 0 aromatic heterocycles. The molecule has 7 nitrogen and oxygen atoms in total. The zero-order chi connectivity index (χ0) is 14.4. The Labute approximate surface area is 110 Å². The molecule has 0 aliphatic carbocycles. The van der Waals surface area contributed by atoms with Crippen LogP contribution in [0.5, 0.6) is 11.5 Å². The highest BCUT2D eigenvalue weighted by Crippen LogP contribution is 2.23. The number of rotatable bonds is 5. The fourth-order valence-electron chi connectivity index (χ4n) is 1.54. The molecule has 0 saturated heterocycles. The van der Waals surface area contributed by atoms with Gasteiger partial charge in [-0.15, -0.1) is 0 Å². The van der Waals surface area contributed by atoms with Gasteiger partial charge in [0.25, 0.3) is 5.91 Å². The molecule has 1 aromatic rings. The van der Waals surface area contributed by atoms with Crippen molar-refractivity contribution in [3.05, 3.63) is 23.8 Å². The number of amidine groups is 1. The number of amides is 1. The topological polar surface area (TPSA) is 117 Å². The first kappa shape index (κ1) is 14.6. The van der Waals surface area contributed by atoms with E-state index in [1.54, 1.807) is 13.0 Å². The second-order valence-electron chi connectivity index (χ2n) is 4.05. The largest absolute Gasteiger partial charge is 0.507 e. The molecule has 7 heteroatoms. The van der Waals surface area contributed by atoms with Gasteiger partial charge in [0.2, 0.25) is 0 Å². The minimum atomic E-state index is -0.446. The van der Waals surface area contributed by atoms with Gasteiger partial charge in [0.1, 0.15) is 17.3 Å². The smallest absolute Gasteiger partial charge is 0.255 e. The Morgan fingerprint density at radius 2 is 2.26 bits per heavy atom. The van der Waals surface area contributed by atoms with Crippen molar-refractivity contribution in [3.63, 3.8) is 0 Å². The van der Waals surface area contributed by atoms with E-state index in [4.69, 9.17) is 15.7 Å². The summed E-state index contributed by atoms with van der Waals surface area (Å²) in [5.74, 6) is -0.142. The molecule has 19 heavy (non-hydrogen) atoms. The molecule has 0 radical (unpaired) electrons. The Morgan fingerprint density at radius 3 is 2.79 bits per heavy atom. The third-order valence-corrected chi connectivity index (χ3v) is 2.47. The number of phenols is 1. The molecule has 1 atom stereocenters. The summed E-state index contributed by atoms with van der Waals surface area (Å²) in [5, 5.41) is 23.6. The number of nitrogens with one attached hydrogen (secondary N) is 1. The normalized spacial score (nSPS) is 12.8. The lowest BCUT2D eigenvalue weighted by atomic mass is 10.1. The number of hydrogen-bond donors (Lipinski definition) is 4. The number of benzene rings is 1. The van der Waals surface area contributed by atoms with Crippen LogP contribution < -0.4 is 15.8 Å². The molecule has 0 aliphatic rings. The maximum atomic E-state index is 11.9. The lowest BCUT2D eigenvalue weighted by molar-refractivity contribution is 0.0938. The summed E-state index contributed by atoms with van der Waals surface area (Å²) in [6, 6.07) is 4.05. The second kappa shape index (κ2) is 6.48. The molecule has 0 fully saturated rings. The number of ether oxygens (including phenoxy) is 1. The highest BCUT2D eigenvalue weighted by atomic mass is 16.5. The number of nitrogens with two attached hydrogens (primary N) is 1. The van der Waals surface area contributed by atoms with Gasteiger partial charge in [-0.2, -0.15) is 0 Å². The molecular formula is C12H17N3O4. The molecule has 1 amide bonds. The second-order valence-corrected chi connectivity index (χ2v) is 4.05. The van der Waals surface area contributed by atoms with Crippen LogP contribution >= 0.6 is 0 Å². The zero-order valence-electron chi connectivity index (χ0n) is 10.8. The Hall–Kier alpha value is -2.44. The molecule has 0 spiro atoms. The van der Waals surface area contributed by atoms with Gasteiger partial charge in [0.15, 0.2) is 0 Å². The summed E-state index contributed by atoms with van der Waals surface area (Å²) in [4.78, 5) is 11.9. The van der Waals surface area contributed by atoms with Crippen molar-refractivity contribution in [2.75, 3.05) is 7.11 Å². The van der Waals surface area contributed by atoms with Gasteiger partial charge in [0, 0.05) is 18.5 Å². The van der Waals surface area contributed by atoms with E-state index < -0.39 is 5.91 Å². The molecule has 0 saturated carbocycles. The Balaban J connectivity index is 2.73. The number of phenolic OH excluding ortho intramolecular Hbond substituents is 1.